The molecule has 0 fully saturated rings. The fraction of sp³-hybridized carbons (Fsp3) is 0.0714. The van der Waals surface area contributed by atoms with E-state index >= 15 is 0 Å². The zero-order valence-electron chi connectivity index (χ0n) is 10.4. The summed E-state index contributed by atoms with van der Waals surface area (Å²) in [5.41, 5.74) is 6.44. The molecular formula is C14H13N3O2. The van der Waals surface area contributed by atoms with Gasteiger partial charge in [0.2, 0.25) is 5.95 Å². The Balaban J connectivity index is 2.30. The Hall–Kier alpha value is -2.69. The van der Waals surface area contributed by atoms with Gasteiger partial charge in [-0.15, -0.1) is 0 Å². The molecule has 96 valence electrons. The highest BCUT2D eigenvalue weighted by molar-refractivity contribution is 6.06. The largest absolute Gasteiger partial charge is 0.369 e. The van der Waals surface area contributed by atoms with Gasteiger partial charge in [0.15, 0.2) is 5.78 Å². The number of carbonyl (C=O) groups excluding carboxylic acids is 1. The van der Waals surface area contributed by atoms with Crippen LogP contribution < -0.4 is 11.3 Å². The van der Waals surface area contributed by atoms with Gasteiger partial charge in [0.25, 0.3) is 5.56 Å². The van der Waals surface area contributed by atoms with Crippen molar-refractivity contribution in [2.45, 2.75) is 6.92 Å². The number of aryl methyl sites for hydroxylation is 1. The predicted molar refractivity (Wildman–Crippen MR) is 73.8 cm³/mol. The number of hydrogen-bond donors (Lipinski definition) is 2. The smallest absolute Gasteiger partial charge is 0.259 e. The molecule has 2 aromatic rings. The lowest BCUT2D eigenvalue weighted by molar-refractivity contribution is 0.104. The van der Waals surface area contributed by atoms with Crippen LogP contribution in [-0.4, -0.2) is 15.8 Å². The summed E-state index contributed by atoms with van der Waals surface area (Å²) in [6.45, 7) is 1.66. The summed E-state index contributed by atoms with van der Waals surface area (Å²) in [6.07, 6.45) is 2.81. The first-order valence-electron chi connectivity index (χ1n) is 5.72. The molecule has 0 bridgehead atoms. The zero-order valence-corrected chi connectivity index (χ0v) is 10.4. The van der Waals surface area contributed by atoms with Gasteiger partial charge in [0.05, 0.1) is 11.3 Å². The Morgan fingerprint density at radius 1 is 1.32 bits per heavy atom. The lowest BCUT2D eigenvalue weighted by atomic mass is 10.1. The molecule has 2 rings (SSSR count). The van der Waals surface area contributed by atoms with Gasteiger partial charge in [-0.05, 0) is 19.1 Å². The monoisotopic (exact) mass is 255 g/mol. The number of aromatic nitrogens is 2. The minimum Gasteiger partial charge on any atom is -0.369 e. The van der Waals surface area contributed by atoms with Crippen molar-refractivity contribution < 1.29 is 4.79 Å². The maximum absolute atomic E-state index is 11.9. The molecular weight excluding hydrogens is 242 g/mol. The third-order valence-electron chi connectivity index (χ3n) is 2.62. The first kappa shape index (κ1) is 12.8. The molecule has 0 amide bonds. The Labute approximate surface area is 109 Å². The molecule has 0 spiro atoms. The molecule has 1 heterocycles. The van der Waals surface area contributed by atoms with Gasteiger partial charge in [0, 0.05) is 5.56 Å². The minimum atomic E-state index is -0.359. The first-order valence-corrected chi connectivity index (χ1v) is 5.72. The van der Waals surface area contributed by atoms with Gasteiger partial charge < -0.3 is 5.73 Å². The third kappa shape index (κ3) is 2.95. The molecule has 1 aromatic heterocycles. The minimum absolute atomic E-state index is 0.0639. The molecule has 0 saturated heterocycles. The SMILES string of the molecule is Cc1nc(N)[nH]c(=O)c1C=CC(=O)c1ccccc1. The van der Waals surface area contributed by atoms with E-state index in [4.69, 9.17) is 5.73 Å². The molecule has 0 saturated carbocycles. The highest BCUT2D eigenvalue weighted by Crippen LogP contribution is 2.05. The summed E-state index contributed by atoms with van der Waals surface area (Å²) in [5.74, 6) is -0.106. The second-order valence-corrected chi connectivity index (χ2v) is 4.01. The van der Waals surface area contributed by atoms with E-state index in [0.29, 0.717) is 16.8 Å². The van der Waals surface area contributed by atoms with Crippen LogP contribution in [-0.2, 0) is 0 Å². The zero-order chi connectivity index (χ0) is 13.8. The van der Waals surface area contributed by atoms with E-state index < -0.39 is 0 Å². The molecule has 0 aliphatic heterocycles. The standard InChI is InChI=1S/C14H13N3O2/c1-9-11(13(19)17-14(15)16-9)7-8-12(18)10-5-3-2-4-6-10/h2-8H,1H3,(H3,15,16,17,19). The number of benzene rings is 1. The van der Waals surface area contributed by atoms with Crippen LogP contribution in [0.1, 0.15) is 21.6 Å². The van der Waals surface area contributed by atoms with Crippen molar-refractivity contribution in [1.82, 2.24) is 9.97 Å². The molecule has 0 radical (unpaired) electrons. The van der Waals surface area contributed by atoms with Gasteiger partial charge in [-0.2, -0.15) is 0 Å². The first-order chi connectivity index (χ1) is 9.08. The summed E-state index contributed by atoms with van der Waals surface area (Å²) < 4.78 is 0. The number of carbonyl (C=O) groups is 1. The summed E-state index contributed by atoms with van der Waals surface area (Å²) >= 11 is 0. The number of nitrogens with one attached hydrogen (secondary N) is 1. The molecule has 3 N–H and O–H groups in total. The summed E-state index contributed by atoms with van der Waals surface area (Å²) in [4.78, 5) is 29.9. The van der Waals surface area contributed by atoms with Crippen LogP contribution in [0.25, 0.3) is 6.08 Å². The molecule has 19 heavy (non-hydrogen) atoms. The molecule has 5 heteroatoms. The fourth-order valence-corrected chi connectivity index (χ4v) is 1.67. The Kier molecular flexibility index (Phi) is 3.56. The number of nitrogens with two attached hydrogens (primary N) is 1. The van der Waals surface area contributed by atoms with Crippen LogP contribution >= 0.6 is 0 Å². The van der Waals surface area contributed by atoms with Crippen LogP contribution in [0.2, 0.25) is 0 Å². The Morgan fingerprint density at radius 3 is 2.63 bits per heavy atom. The topological polar surface area (TPSA) is 88.8 Å². The van der Waals surface area contributed by atoms with Crippen molar-refractivity contribution in [3.63, 3.8) is 0 Å². The third-order valence-corrected chi connectivity index (χ3v) is 2.62. The van der Waals surface area contributed by atoms with Crippen molar-refractivity contribution in [1.29, 1.82) is 0 Å². The Bertz CT molecular complexity index is 688. The number of H-pyrrole nitrogens is 1. The van der Waals surface area contributed by atoms with E-state index in [1.807, 2.05) is 6.07 Å². The van der Waals surface area contributed by atoms with E-state index in [0.717, 1.165) is 0 Å². The van der Waals surface area contributed by atoms with E-state index in [1.54, 1.807) is 31.2 Å². The van der Waals surface area contributed by atoms with Crippen molar-refractivity contribution in [3.8, 4) is 0 Å². The number of allylic oxidation sites excluding steroid dienone is 1. The van der Waals surface area contributed by atoms with Gasteiger partial charge in [0.1, 0.15) is 0 Å². The second kappa shape index (κ2) is 5.30. The normalized spacial score (nSPS) is 10.8. The van der Waals surface area contributed by atoms with E-state index in [2.05, 4.69) is 9.97 Å². The maximum Gasteiger partial charge on any atom is 0.259 e. The van der Waals surface area contributed by atoms with Crippen molar-refractivity contribution in [2.75, 3.05) is 5.73 Å². The van der Waals surface area contributed by atoms with Crippen LogP contribution in [0.5, 0.6) is 0 Å². The van der Waals surface area contributed by atoms with Crippen molar-refractivity contribution in [2.24, 2.45) is 0 Å². The van der Waals surface area contributed by atoms with Gasteiger partial charge in [-0.3, -0.25) is 14.6 Å². The van der Waals surface area contributed by atoms with Crippen LogP contribution in [0.3, 0.4) is 0 Å². The summed E-state index contributed by atoms with van der Waals surface area (Å²) in [6, 6.07) is 8.82. The number of hydrogen-bond acceptors (Lipinski definition) is 4. The molecule has 0 aliphatic rings. The highest BCUT2D eigenvalue weighted by atomic mass is 16.1. The van der Waals surface area contributed by atoms with E-state index in [-0.39, 0.29) is 17.3 Å². The number of rotatable bonds is 3. The second-order valence-electron chi connectivity index (χ2n) is 4.01. The fourth-order valence-electron chi connectivity index (χ4n) is 1.67. The lowest BCUT2D eigenvalue weighted by Gasteiger charge is -2.00. The molecule has 1 aromatic carbocycles. The summed E-state index contributed by atoms with van der Waals surface area (Å²) in [7, 11) is 0. The predicted octanol–water partition coefficient (Wildman–Crippen LogP) is 1.56. The lowest BCUT2D eigenvalue weighted by Crippen LogP contribution is -2.15. The van der Waals surface area contributed by atoms with E-state index in [1.165, 1.54) is 12.2 Å². The Morgan fingerprint density at radius 2 is 2.00 bits per heavy atom. The highest BCUT2D eigenvalue weighted by Gasteiger charge is 2.05. The van der Waals surface area contributed by atoms with Gasteiger partial charge in [-0.25, -0.2) is 4.98 Å². The number of anilines is 1. The quantitative estimate of drug-likeness (QED) is 0.643. The number of ketones is 1. The number of nitrogens with zero attached hydrogens (tertiary/aromatic N) is 1. The number of nitrogen functional groups attached to an aromatic ring is 1. The molecule has 0 aliphatic carbocycles. The number of aromatic amines is 1. The van der Waals surface area contributed by atoms with Crippen LogP contribution in [0, 0.1) is 6.92 Å². The van der Waals surface area contributed by atoms with Crippen LogP contribution in [0.15, 0.2) is 41.2 Å². The summed E-state index contributed by atoms with van der Waals surface area (Å²) in [5, 5.41) is 0. The molecule has 0 atom stereocenters. The van der Waals surface area contributed by atoms with E-state index in [9.17, 15) is 9.59 Å². The maximum atomic E-state index is 11.9. The van der Waals surface area contributed by atoms with Crippen molar-refractivity contribution in [3.05, 3.63) is 63.6 Å². The molecule has 0 unspecified atom stereocenters. The molecule has 5 nitrogen and oxygen atoms in total. The average Bonchev–Trinajstić information content (AvgIpc) is 2.38. The van der Waals surface area contributed by atoms with Gasteiger partial charge >= 0.3 is 0 Å². The van der Waals surface area contributed by atoms with Crippen molar-refractivity contribution >= 4 is 17.8 Å². The van der Waals surface area contributed by atoms with Gasteiger partial charge in [-0.1, -0.05) is 30.3 Å². The van der Waals surface area contributed by atoms with Crippen LogP contribution in [0.4, 0.5) is 5.95 Å². The average molecular weight is 255 g/mol.